The van der Waals surface area contributed by atoms with Gasteiger partial charge in [-0.25, -0.2) is 19.4 Å². The van der Waals surface area contributed by atoms with Crippen LogP contribution in [0.2, 0.25) is 0 Å². The van der Waals surface area contributed by atoms with Crippen molar-refractivity contribution in [3.63, 3.8) is 0 Å². The van der Waals surface area contributed by atoms with E-state index in [1.54, 1.807) is 18.2 Å². The molecule has 0 aliphatic heterocycles. The van der Waals surface area contributed by atoms with Crippen LogP contribution in [0.25, 0.3) is 43.1 Å². The number of carbonyl (C=O) groups is 3. The van der Waals surface area contributed by atoms with Gasteiger partial charge in [0.15, 0.2) is 0 Å². The summed E-state index contributed by atoms with van der Waals surface area (Å²) in [5, 5.41) is 7.58. The molecule has 0 bridgehead atoms. The van der Waals surface area contributed by atoms with E-state index in [9.17, 15) is 14.4 Å². The van der Waals surface area contributed by atoms with E-state index in [2.05, 4.69) is 16.9 Å². The number of hydrogen-bond donors (Lipinski definition) is 0. The Bertz CT molecular complexity index is 2350. The zero-order chi connectivity index (χ0) is 38.5. The van der Waals surface area contributed by atoms with Gasteiger partial charge in [0.2, 0.25) is 0 Å². The minimum absolute atomic E-state index is 0.000143. The third-order valence-electron chi connectivity index (χ3n) is 9.29. The van der Waals surface area contributed by atoms with Crippen molar-refractivity contribution in [2.75, 3.05) is 52.9 Å². The summed E-state index contributed by atoms with van der Waals surface area (Å²) < 4.78 is 26.9. The van der Waals surface area contributed by atoms with Crippen LogP contribution in [0, 0.1) is 0 Å². The molecule has 0 aliphatic carbocycles. The van der Waals surface area contributed by atoms with Crippen molar-refractivity contribution in [3.8, 4) is 0 Å². The second kappa shape index (κ2) is 18.9. The molecule has 1 unspecified atom stereocenters. The van der Waals surface area contributed by atoms with E-state index in [-0.39, 0.29) is 52.9 Å². The van der Waals surface area contributed by atoms with E-state index in [1.807, 2.05) is 103 Å². The van der Waals surface area contributed by atoms with Crippen LogP contribution in [0.3, 0.4) is 0 Å². The van der Waals surface area contributed by atoms with E-state index in [1.165, 1.54) is 0 Å². The zero-order valence-corrected chi connectivity index (χ0v) is 30.6. The fraction of sp³-hybridized carbons (Fsp3) is 0.196. The molecule has 0 N–H and O–H groups in total. The van der Waals surface area contributed by atoms with Crippen molar-refractivity contribution in [1.82, 2.24) is 0 Å². The molecule has 0 amide bonds. The predicted molar refractivity (Wildman–Crippen MR) is 212 cm³/mol. The molecule has 0 saturated carbocycles. The minimum atomic E-state index is -0.727. The lowest BCUT2D eigenvalue weighted by atomic mass is 9.90. The van der Waals surface area contributed by atoms with Crippen LogP contribution in [0.15, 0.2) is 133 Å². The van der Waals surface area contributed by atoms with Gasteiger partial charge in [0, 0.05) is 5.56 Å². The van der Waals surface area contributed by atoms with E-state index in [4.69, 9.17) is 28.7 Å². The van der Waals surface area contributed by atoms with E-state index < -0.39 is 18.0 Å². The first-order valence-electron chi connectivity index (χ1n) is 18.4. The first kappa shape index (κ1) is 38.1. The number of rotatable bonds is 19. The quantitative estimate of drug-likeness (QED) is 0.0151. The third kappa shape index (κ3) is 9.02. The smallest absolute Gasteiger partial charge is 0.339 e. The van der Waals surface area contributed by atoms with Gasteiger partial charge in [-0.15, -0.1) is 0 Å². The van der Waals surface area contributed by atoms with E-state index >= 15 is 0 Å². The number of fused-ring (bicyclic) bond motifs is 4. The van der Waals surface area contributed by atoms with Crippen molar-refractivity contribution in [2.24, 2.45) is 0 Å². The topological polar surface area (TPSA) is 116 Å². The van der Waals surface area contributed by atoms with E-state index in [0.717, 1.165) is 48.7 Å². The largest absolute Gasteiger partial charge is 0.465 e. The lowest BCUT2D eigenvalue weighted by Gasteiger charge is -2.22. The Hall–Kier alpha value is -6.17. The maximum Gasteiger partial charge on any atom is 0.339 e. The van der Waals surface area contributed by atoms with Gasteiger partial charge in [-0.1, -0.05) is 109 Å². The van der Waals surface area contributed by atoms with Crippen molar-refractivity contribution >= 4 is 61.5 Å². The molecule has 284 valence electrons. The molecule has 0 saturated heterocycles. The molecule has 0 heterocycles. The van der Waals surface area contributed by atoms with Crippen molar-refractivity contribution in [2.45, 2.75) is 6.10 Å². The number of hydrogen-bond acceptors (Lipinski definition) is 10. The number of ether oxygens (including phenoxy) is 5. The molecule has 7 rings (SSSR count). The number of carbonyl (C=O) groups excluding carboxylic acids is 3. The Morgan fingerprint density at radius 3 is 1.59 bits per heavy atom. The number of benzene rings is 7. The van der Waals surface area contributed by atoms with Crippen LogP contribution in [0.4, 0.5) is 0 Å². The Balaban J connectivity index is 0.979. The first-order chi connectivity index (χ1) is 27.6. The Morgan fingerprint density at radius 1 is 0.500 bits per heavy atom. The molecule has 7 aromatic carbocycles. The molecule has 0 fully saturated rings. The van der Waals surface area contributed by atoms with Crippen molar-refractivity contribution < 1.29 is 47.8 Å². The maximum atomic E-state index is 13.3. The summed E-state index contributed by atoms with van der Waals surface area (Å²) in [6.45, 7) is 1.36. The van der Waals surface area contributed by atoms with Crippen molar-refractivity contribution in [1.29, 1.82) is 0 Å². The SMILES string of the molecule is O=COCCOCCOOC(c1cccc(C(=O)OCCOCCOC(=O)c2c3ccccc3cc3ccccc23)c1)c1c2ccccc2cc2ccccc12. The molecule has 10 heteroatoms. The highest BCUT2D eigenvalue weighted by Gasteiger charge is 2.24. The highest BCUT2D eigenvalue weighted by atomic mass is 17.2. The summed E-state index contributed by atoms with van der Waals surface area (Å²) in [4.78, 5) is 48.7. The third-order valence-corrected chi connectivity index (χ3v) is 9.29. The van der Waals surface area contributed by atoms with Crippen LogP contribution in [0.5, 0.6) is 0 Å². The van der Waals surface area contributed by atoms with Crippen LogP contribution >= 0.6 is 0 Å². The average Bonchev–Trinajstić information content (AvgIpc) is 3.24. The second-order valence-corrected chi connectivity index (χ2v) is 12.8. The summed E-state index contributed by atoms with van der Waals surface area (Å²) in [5.41, 5.74) is 2.41. The van der Waals surface area contributed by atoms with Gasteiger partial charge in [-0.05, 0) is 72.9 Å². The highest BCUT2D eigenvalue weighted by molar-refractivity contribution is 6.16. The molecular formula is C46H40O10. The lowest BCUT2D eigenvalue weighted by Crippen LogP contribution is -2.16. The van der Waals surface area contributed by atoms with Gasteiger partial charge in [0.25, 0.3) is 6.47 Å². The van der Waals surface area contributed by atoms with Crippen LogP contribution in [0.1, 0.15) is 37.9 Å². The fourth-order valence-corrected chi connectivity index (χ4v) is 6.77. The molecule has 10 nitrogen and oxygen atoms in total. The lowest BCUT2D eigenvalue weighted by molar-refractivity contribution is -0.322. The Labute approximate surface area is 323 Å². The van der Waals surface area contributed by atoms with Crippen LogP contribution < -0.4 is 0 Å². The standard InChI is InChI=1S/C46H40O10/c47-31-52-21-20-50-24-27-55-56-44(42-38-16-5-1-10-32(38)28-33-11-2-6-17-39(33)42)36-14-9-15-37(30-36)45(48)53-25-22-51-23-26-54-46(49)43-40-18-7-3-12-34(40)29-35-13-4-8-19-41(35)43/h1-19,28-31,44H,20-27H2. The monoisotopic (exact) mass is 752 g/mol. The molecular weight excluding hydrogens is 712 g/mol. The molecule has 0 aromatic heterocycles. The summed E-state index contributed by atoms with van der Waals surface area (Å²) in [6, 6.07) is 42.8. The van der Waals surface area contributed by atoms with Crippen molar-refractivity contribution in [3.05, 3.63) is 156 Å². The molecule has 0 radical (unpaired) electrons. The van der Waals surface area contributed by atoms with Crippen LogP contribution in [-0.4, -0.2) is 71.3 Å². The predicted octanol–water partition coefficient (Wildman–Crippen LogP) is 8.56. The maximum absolute atomic E-state index is 13.3. The summed E-state index contributed by atoms with van der Waals surface area (Å²) >= 11 is 0. The Morgan fingerprint density at radius 2 is 1.00 bits per heavy atom. The molecule has 56 heavy (non-hydrogen) atoms. The average molecular weight is 753 g/mol. The molecule has 7 aromatic rings. The number of esters is 2. The van der Waals surface area contributed by atoms with Gasteiger partial charge in [-0.3, -0.25) is 4.79 Å². The summed E-state index contributed by atoms with van der Waals surface area (Å²) in [7, 11) is 0. The second-order valence-electron chi connectivity index (χ2n) is 12.8. The summed E-state index contributed by atoms with van der Waals surface area (Å²) in [6.07, 6.45) is -0.727. The molecule has 0 aliphatic rings. The minimum Gasteiger partial charge on any atom is -0.465 e. The molecule has 0 spiro atoms. The Kier molecular flexibility index (Phi) is 12.9. The highest BCUT2D eigenvalue weighted by Crippen LogP contribution is 2.38. The fourth-order valence-electron chi connectivity index (χ4n) is 6.77. The van der Waals surface area contributed by atoms with E-state index in [0.29, 0.717) is 23.2 Å². The van der Waals surface area contributed by atoms with Gasteiger partial charge in [0.1, 0.15) is 32.5 Å². The van der Waals surface area contributed by atoms with Gasteiger partial charge >= 0.3 is 11.9 Å². The normalized spacial score (nSPS) is 11.9. The van der Waals surface area contributed by atoms with Crippen LogP contribution in [-0.2, 0) is 38.3 Å². The summed E-state index contributed by atoms with van der Waals surface area (Å²) in [5.74, 6) is -0.954. The van der Waals surface area contributed by atoms with Gasteiger partial charge in [-0.2, -0.15) is 0 Å². The zero-order valence-electron chi connectivity index (χ0n) is 30.6. The first-order valence-corrected chi connectivity index (χ1v) is 18.4. The van der Waals surface area contributed by atoms with Gasteiger partial charge in [0.05, 0.1) is 37.6 Å². The molecule has 1 atom stereocenters. The van der Waals surface area contributed by atoms with Gasteiger partial charge < -0.3 is 23.7 Å².